The molecule has 3 unspecified atom stereocenters. The van der Waals surface area contributed by atoms with Gasteiger partial charge in [-0.15, -0.1) is 0 Å². The molecule has 0 spiro atoms. The van der Waals surface area contributed by atoms with Gasteiger partial charge in [0.2, 0.25) is 0 Å². The van der Waals surface area contributed by atoms with E-state index in [1.807, 2.05) is 0 Å². The standard InChI is InChI=1S/C15H30O6/c1-2-3-4-5-6-7-8-9-20-15-14(19)13(18)12(17)11(10-16)21-15/h11-19H,2-10H2,1H3/t11?,12-,13?,14?,15-/m1/s1. The van der Waals surface area contributed by atoms with Crippen LogP contribution in [0.15, 0.2) is 0 Å². The zero-order valence-electron chi connectivity index (χ0n) is 12.9. The summed E-state index contributed by atoms with van der Waals surface area (Å²) in [6.45, 7) is 2.19. The summed E-state index contributed by atoms with van der Waals surface area (Å²) in [5, 5.41) is 38.1. The molecule has 0 amide bonds. The van der Waals surface area contributed by atoms with Crippen LogP contribution >= 0.6 is 0 Å². The molecule has 1 rings (SSSR count). The van der Waals surface area contributed by atoms with E-state index in [2.05, 4.69) is 6.92 Å². The molecule has 1 aliphatic rings. The lowest BCUT2D eigenvalue weighted by molar-refractivity contribution is -0.301. The Balaban J connectivity index is 2.16. The van der Waals surface area contributed by atoms with Crippen LogP contribution in [0, 0.1) is 0 Å². The average Bonchev–Trinajstić information content (AvgIpc) is 2.49. The Labute approximate surface area is 126 Å². The second kappa shape index (κ2) is 10.5. The van der Waals surface area contributed by atoms with Crippen LogP contribution in [0.3, 0.4) is 0 Å². The molecule has 0 aliphatic carbocycles. The van der Waals surface area contributed by atoms with E-state index in [9.17, 15) is 15.3 Å². The molecule has 0 saturated carbocycles. The lowest BCUT2D eigenvalue weighted by Crippen LogP contribution is -2.59. The maximum atomic E-state index is 9.78. The van der Waals surface area contributed by atoms with Gasteiger partial charge >= 0.3 is 0 Å². The van der Waals surface area contributed by atoms with E-state index in [1.165, 1.54) is 25.7 Å². The molecule has 4 N–H and O–H groups in total. The van der Waals surface area contributed by atoms with Crippen molar-refractivity contribution >= 4 is 0 Å². The summed E-state index contributed by atoms with van der Waals surface area (Å²) in [6, 6.07) is 0. The van der Waals surface area contributed by atoms with Gasteiger partial charge in [0.15, 0.2) is 6.29 Å². The van der Waals surface area contributed by atoms with Crippen LogP contribution in [-0.2, 0) is 9.47 Å². The molecular weight excluding hydrogens is 276 g/mol. The van der Waals surface area contributed by atoms with Crippen LogP contribution < -0.4 is 0 Å². The fourth-order valence-corrected chi connectivity index (χ4v) is 2.46. The predicted molar refractivity (Wildman–Crippen MR) is 77.7 cm³/mol. The average molecular weight is 306 g/mol. The number of hydrogen-bond acceptors (Lipinski definition) is 6. The second-order valence-corrected chi connectivity index (χ2v) is 5.69. The van der Waals surface area contributed by atoms with Gasteiger partial charge in [-0.1, -0.05) is 45.4 Å². The third-order valence-corrected chi connectivity index (χ3v) is 3.88. The monoisotopic (exact) mass is 306 g/mol. The van der Waals surface area contributed by atoms with Gasteiger partial charge in [-0.3, -0.25) is 0 Å². The quantitative estimate of drug-likeness (QED) is 0.440. The molecule has 6 nitrogen and oxygen atoms in total. The molecule has 5 atom stereocenters. The first kappa shape index (κ1) is 18.8. The maximum absolute atomic E-state index is 9.78. The van der Waals surface area contributed by atoms with E-state index in [1.54, 1.807) is 0 Å². The molecule has 1 fully saturated rings. The van der Waals surface area contributed by atoms with Gasteiger partial charge in [0.05, 0.1) is 6.61 Å². The fraction of sp³-hybridized carbons (Fsp3) is 1.00. The molecule has 0 aromatic carbocycles. The molecule has 126 valence electrons. The van der Waals surface area contributed by atoms with E-state index in [0.29, 0.717) is 6.61 Å². The molecule has 21 heavy (non-hydrogen) atoms. The van der Waals surface area contributed by atoms with Crippen molar-refractivity contribution < 1.29 is 29.9 Å². The Kier molecular flexibility index (Phi) is 9.39. The number of unbranched alkanes of at least 4 members (excludes halogenated alkanes) is 6. The van der Waals surface area contributed by atoms with Gasteiger partial charge in [-0.05, 0) is 6.42 Å². The fourth-order valence-electron chi connectivity index (χ4n) is 2.46. The third-order valence-electron chi connectivity index (χ3n) is 3.88. The summed E-state index contributed by atoms with van der Waals surface area (Å²) >= 11 is 0. The van der Waals surface area contributed by atoms with Crippen LogP contribution in [0.4, 0.5) is 0 Å². The molecule has 1 aliphatic heterocycles. The van der Waals surface area contributed by atoms with Crippen molar-refractivity contribution in [3.05, 3.63) is 0 Å². The van der Waals surface area contributed by atoms with Gasteiger partial charge < -0.3 is 29.9 Å². The first-order chi connectivity index (χ1) is 10.1. The molecule has 0 aromatic rings. The molecular formula is C15H30O6. The van der Waals surface area contributed by atoms with Crippen molar-refractivity contribution in [2.24, 2.45) is 0 Å². The summed E-state index contributed by atoms with van der Waals surface area (Å²) in [4.78, 5) is 0. The van der Waals surface area contributed by atoms with Crippen LogP contribution in [0.5, 0.6) is 0 Å². The Morgan fingerprint density at radius 3 is 2.10 bits per heavy atom. The first-order valence-corrected chi connectivity index (χ1v) is 8.04. The van der Waals surface area contributed by atoms with Crippen LogP contribution in [0.1, 0.15) is 51.9 Å². The van der Waals surface area contributed by atoms with Gasteiger partial charge in [-0.2, -0.15) is 0 Å². The lowest BCUT2D eigenvalue weighted by atomic mass is 9.99. The van der Waals surface area contributed by atoms with Gasteiger partial charge in [-0.25, -0.2) is 0 Å². The number of hydrogen-bond donors (Lipinski definition) is 4. The van der Waals surface area contributed by atoms with E-state index in [-0.39, 0.29) is 0 Å². The highest BCUT2D eigenvalue weighted by atomic mass is 16.7. The highest BCUT2D eigenvalue weighted by molar-refractivity contribution is 4.88. The molecule has 1 saturated heterocycles. The van der Waals surface area contributed by atoms with Crippen molar-refractivity contribution in [3.63, 3.8) is 0 Å². The van der Waals surface area contributed by atoms with Crippen molar-refractivity contribution in [2.75, 3.05) is 13.2 Å². The highest BCUT2D eigenvalue weighted by Gasteiger charge is 2.43. The van der Waals surface area contributed by atoms with Gasteiger partial charge in [0.1, 0.15) is 24.4 Å². The normalized spacial score (nSPS) is 33.3. The Morgan fingerprint density at radius 2 is 1.48 bits per heavy atom. The third kappa shape index (κ3) is 6.18. The van der Waals surface area contributed by atoms with Gasteiger partial charge in [0.25, 0.3) is 0 Å². The van der Waals surface area contributed by atoms with Crippen LogP contribution in [0.2, 0.25) is 0 Å². The molecule has 0 aromatic heterocycles. The van der Waals surface area contributed by atoms with E-state index in [4.69, 9.17) is 14.6 Å². The van der Waals surface area contributed by atoms with Crippen molar-refractivity contribution in [1.29, 1.82) is 0 Å². The van der Waals surface area contributed by atoms with Crippen molar-refractivity contribution in [1.82, 2.24) is 0 Å². The summed E-state index contributed by atoms with van der Waals surface area (Å²) in [6.07, 6.45) is 2.20. The number of rotatable bonds is 10. The number of aliphatic hydroxyl groups is 4. The Morgan fingerprint density at radius 1 is 0.857 bits per heavy atom. The lowest BCUT2D eigenvalue weighted by Gasteiger charge is -2.39. The minimum Gasteiger partial charge on any atom is -0.394 e. The number of ether oxygens (including phenoxy) is 2. The summed E-state index contributed by atoms with van der Waals surface area (Å²) < 4.78 is 10.7. The van der Waals surface area contributed by atoms with E-state index < -0.39 is 37.3 Å². The van der Waals surface area contributed by atoms with Crippen LogP contribution in [0.25, 0.3) is 0 Å². The molecule has 6 heteroatoms. The van der Waals surface area contributed by atoms with Gasteiger partial charge in [0, 0.05) is 6.61 Å². The van der Waals surface area contributed by atoms with E-state index in [0.717, 1.165) is 19.3 Å². The maximum Gasteiger partial charge on any atom is 0.186 e. The zero-order chi connectivity index (χ0) is 15.7. The predicted octanol–water partition coefficient (Wildman–Crippen LogP) is 0.553. The highest BCUT2D eigenvalue weighted by Crippen LogP contribution is 2.22. The summed E-state index contributed by atoms with van der Waals surface area (Å²) in [5.74, 6) is 0. The smallest absolute Gasteiger partial charge is 0.186 e. The summed E-state index contributed by atoms with van der Waals surface area (Å²) in [7, 11) is 0. The van der Waals surface area contributed by atoms with E-state index >= 15 is 0 Å². The molecule has 0 radical (unpaired) electrons. The minimum atomic E-state index is -1.37. The largest absolute Gasteiger partial charge is 0.394 e. The second-order valence-electron chi connectivity index (χ2n) is 5.69. The summed E-state index contributed by atoms with van der Waals surface area (Å²) in [5.41, 5.74) is 0. The Hall–Kier alpha value is -0.240. The Bertz CT molecular complexity index is 261. The number of aliphatic hydroxyl groups excluding tert-OH is 4. The SMILES string of the molecule is CCCCCCCCCO[C@@H]1OC(CO)[C@@H](O)C(O)C1O. The molecule has 1 heterocycles. The van der Waals surface area contributed by atoms with Crippen molar-refractivity contribution in [3.8, 4) is 0 Å². The minimum absolute atomic E-state index is 0.427. The van der Waals surface area contributed by atoms with Crippen LogP contribution in [-0.4, -0.2) is 64.3 Å². The first-order valence-electron chi connectivity index (χ1n) is 8.04. The zero-order valence-corrected chi connectivity index (χ0v) is 12.9. The molecule has 0 bridgehead atoms. The topological polar surface area (TPSA) is 99.4 Å². The van der Waals surface area contributed by atoms with Crippen molar-refractivity contribution in [2.45, 2.75) is 82.6 Å².